The van der Waals surface area contributed by atoms with Gasteiger partial charge in [-0.25, -0.2) is 0 Å². The van der Waals surface area contributed by atoms with Crippen molar-refractivity contribution in [1.29, 1.82) is 0 Å². The maximum atomic E-state index is 9.00. The van der Waals surface area contributed by atoms with E-state index >= 15 is 0 Å². The first-order chi connectivity index (χ1) is 7.73. The van der Waals surface area contributed by atoms with Crippen molar-refractivity contribution in [2.45, 2.75) is 6.92 Å². The fourth-order valence-electron chi connectivity index (χ4n) is 0. The van der Waals surface area contributed by atoms with Crippen LogP contribution < -0.4 is 36.9 Å². The Morgan fingerprint density at radius 3 is 0.625 bits per heavy atom. The Hall–Kier alpha value is 2.78. The molecule has 0 aliphatic rings. The van der Waals surface area contributed by atoms with Gasteiger partial charge in [0.2, 0.25) is 0 Å². The second-order valence-electron chi connectivity index (χ2n) is 1.86. The Morgan fingerprint density at radius 2 is 0.625 bits per heavy atom. The molecule has 0 rings (SSSR count). The molecule has 14 nitrogen and oxygen atoms in total. The second-order valence-corrected chi connectivity index (χ2v) is 7.49. The Labute approximate surface area is 197 Å². The van der Waals surface area contributed by atoms with E-state index in [1.165, 1.54) is 0 Å². The van der Waals surface area contributed by atoms with Crippen LogP contribution in [0.3, 0.4) is 0 Å². The molecule has 24 heavy (non-hydrogen) atoms. The number of rotatable bonds is 0. The van der Waals surface area contributed by atoms with Gasteiger partial charge in [-0.15, -0.1) is 0 Å². The molecule has 0 amide bonds. The summed E-state index contributed by atoms with van der Waals surface area (Å²) in [7, 11) is 0. The van der Waals surface area contributed by atoms with Crippen molar-refractivity contribution in [3.63, 3.8) is 0 Å². The normalized spacial score (nSPS) is 8.42. The van der Waals surface area contributed by atoms with Gasteiger partial charge in [0, 0.05) is 6.92 Å². The fourth-order valence-corrected chi connectivity index (χ4v) is 0. The maximum absolute atomic E-state index is 9.00. The minimum absolute atomic E-state index is 0. The summed E-state index contributed by atoms with van der Waals surface area (Å²) in [5.74, 6) is -0.833. The molecule has 1 N–H and O–H groups in total. The zero-order chi connectivity index (χ0) is 17.1. The van der Waals surface area contributed by atoms with E-state index in [2.05, 4.69) is 0 Å². The molecule has 4 radical (unpaired) electrons. The molecule has 0 spiro atoms. The molecule has 0 saturated carbocycles. The van der Waals surface area contributed by atoms with E-state index in [-0.39, 0.29) is 85.3 Å². The quantitative estimate of drug-likeness (QED) is 0.223. The van der Waals surface area contributed by atoms with E-state index in [1.54, 1.807) is 0 Å². The van der Waals surface area contributed by atoms with Gasteiger partial charge in [0.25, 0.3) is 5.97 Å². The summed E-state index contributed by atoms with van der Waals surface area (Å²) in [5, 5.41) is 7.42. The average Bonchev–Trinajstić information content (AvgIpc) is 1.66. The first-order valence-electron chi connectivity index (χ1n) is 3.12. The maximum Gasteiger partial charge on any atom is 2.00 e. The van der Waals surface area contributed by atoms with Gasteiger partial charge < -0.3 is 5.11 Å². The number of carbonyl (C=O) groups is 1. The first-order valence-corrected chi connectivity index (χ1v) is 12.3. The Morgan fingerprint density at radius 1 is 0.625 bits per heavy atom. The summed E-state index contributed by atoms with van der Waals surface area (Å²) in [5.41, 5.74) is 0. The van der Waals surface area contributed by atoms with Gasteiger partial charge in [0.1, 0.15) is 0 Å². The predicted octanol–water partition coefficient (Wildman–Crippen LogP) is -12.1. The average molecular weight is 795 g/mol. The third kappa shape index (κ3) is 1810. The molecule has 0 unspecified atom stereocenters. The largest absolute Gasteiger partial charge is 2.00 e. The summed E-state index contributed by atoms with van der Waals surface area (Å²) in [6.45, 7) is 1.08. The summed E-state index contributed by atoms with van der Waals surface area (Å²) < 4.78 is 103. The summed E-state index contributed by atoms with van der Waals surface area (Å²) in [4.78, 5) is 9.00. The molecule has 0 aliphatic heterocycles. The molecular weight excluding hydrogens is 791 g/mol. The van der Waals surface area contributed by atoms with Crippen LogP contribution in [-0.4, -0.2) is 54.6 Å². The smallest absolute Gasteiger partial charge is 1.00 e. The SMILES string of the molecule is CC(=O)O.O=[As]([O-])([O-])[O-].O=[As]([O-])([O-])[O-].O=[As]([O-])([O-])[O-].[Cu+2].[Cu+2].[Cu+2].[Cu+2].[Cu+]. The Bertz CT molecular complexity index is 294. The van der Waals surface area contributed by atoms with Crippen LogP contribution in [0.4, 0.5) is 0 Å². The number of aliphatic carboxylic acids is 1. The molecule has 0 saturated heterocycles. The molecular formula is C2H4As3Cu5O14. The minimum atomic E-state index is -5.88. The molecule has 0 fully saturated rings. The van der Waals surface area contributed by atoms with Crippen molar-refractivity contribution in [3.8, 4) is 0 Å². The summed E-state index contributed by atoms with van der Waals surface area (Å²) >= 11 is -17.6. The van der Waals surface area contributed by atoms with Crippen molar-refractivity contribution >= 4 is 49.5 Å². The third-order valence-electron chi connectivity index (χ3n) is 0. The number of hydrogen-bond donors (Lipinski definition) is 1. The molecule has 22 heteroatoms. The van der Waals surface area contributed by atoms with Crippen molar-refractivity contribution in [2.75, 3.05) is 0 Å². The molecule has 166 valence electrons. The molecule has 0 atom stereocenters. The van der Waals surface area contributed by atoms with E-state index in [0.29, 0.717) is 0 Å². The van der Waals surface area contributed by atoms with Crippen LogP contribution in [0.25, 0.3) is 0 Å². The van der Waals surface area contributed by atoms with Crippen LogP contribution >= 0.6 is 0 Å². The Kier molecular flexibility index (Phi) is 65.7. The standard InChI is InChI=1S/C2H4O2.3AsH3O4.5Cu/c1-2(3)4;3*2-1(3,4)5;;;;;/h1H3,(H,3,4);3*(H3,2,3,4,5);;;;;/q;;;;+1;4*+2/p-9. The van der Waals surface area contributed by atoms with E-state index in [4.69, 9.17) is 58.0 Å². The minimum Gasteiger partial charge on any atom is 1.00 e. The van der Waals surface area contributed by atoms with Crippen LogP contribution in [0.1, 0.15) is 6.92 Å². The topological polar surface area (TPSA) is 296 Å². The van der Waals surface area contributed by atoms with Crippen LogP contribution in [-0.2, 0) is 101 Å². The third-order valence-corrected chi connectivity index (χ3v) is 0. The molecule has 0 aromatic carbocycles. The van der Waals surface area contributed by atoms with Crippen molar-refractivity contribution < 1.29 is 143 Å². The number of carboxylic acid groups (broad SMARTS) is 1. The van der Waals surface area contributed by atoms with Crippen LogP contribution in [0.5, 0.6) is 0 Å². The van der Waals surface area contributed by atoms with Gasteiger partial charge in [-0.1, -0.05) is 0 Å². The van der Waals surface area contributed by atoms with E-state index in [0.717, 1.165) is 6.92 Å². The molecule has 0 heterocycles. The van der Waals surface area contributed by atoms with Crippen molar-refractivity contribution in [3.05, 3.63) is 0 Å². The predicted molar refractivity (Wildman–Crippen MR) is 32.6 cm³/mol. The van der Waals surface area contributed by atoms with Crippen molar-refractivity contribution in [1.82, 2.24) is 0 Å². The van der Waals surface area contributed by atoms with Gasteiger partial charge in [-0.2, -0.15) is 0 Å². The zero-order valence-corrected chi connectivity index (χ0v) is 20.4. The zero-order valence-electron chi connectivity index (χ0n) is 10.1. The molecule has 0 bridgehead atoms. The van der Waals surface area contributed by atoms with Crippen molar-refractivity contribution in [2.24, 2.45) is 0 Å². The van der Waals surface area contributed by atoms with E-state index in [9.17, 15) is 0 Å². The second kappa shape index (κ2) is 28.0. The van der Waals surface area contributed by atoms with Gasteiger partial charge in [0.15, 0.2) is 0 Å². The number of hydrogen-bond acceptors (Lipinski definition) is 13. The molecule has 0 aromatic heterocycles. The van der Waals surface area contributed by atoms with Gasteiger partial charge in [0.05, 0.1) is 0 Å². The molecule has 0 aliphatic carbocycles. The van der Waals surface area contributed by atoms with E-state index in [1.807, 2.05) is 0 Å². The fraction of sp³-hybridized carbons (Fsp3) is 0.500. The number of carboxylic acids is 1. The van der Waals surface area contributed by atoms with E-state index < -0.39 is 49.5 Å². The Balaban J connectivity index is -0.0000000167. The first kappa shape index (κ1) is 56.3. The molecule has 0 aromatic rings. The van der Waals surface area contributed by atoms with Gasteiger partial charge >= 0.3 is 177 Å². The van der Waals surface area contributed by atoms with Crippen LogP contribution in [0.2, 0.25) is 0 Å². The van der Waals surface area contributed by atoms with Gasteiger partial charge in [-0.05, 0) is 0 Å². The summed E-state index contributed by atoms with van der Waals surface area (Å²) in [6, 6.07) is 0. The van der Waals surface area contributed by atoms with Gasteiger partial charge in [-0.3, -0.25) is 4.79 Å². The summed E-state index contributed by atoms with van der Waals surface area (Å²) in [6.07, 6.45) is 0. The van der Waals surface area contributed by atoms with Crippen LogP contribution in [0.15, 0.2) is 0 Å². The monoisotopic (exact) mass is 791 g/mol. The van der Waals surface area contributed by atoms with Crippen LogP contribution in [0, 0.1) is 0 Å².